The van der Waals surface area contributed by atoms with Gasteiger partial charge in [-0.2, -0.15) is 0 Å². The Bertz CT molecular complexity index is 417. The SMILES string of the molecule is CC(CO)Cc1coc2ccccc12. The molecular weight excluding hydrogens is 176 g/mol. The van der Waals surface area contributed by atoms with Gasteiger partial charge in [-0.1, -0.05) is 25.1 Å². The Morgan fingerprint density at radius 1 is 1.36 bits per heavy atom. The molecule has 0 aliphatic rings. The van der Waals surface area contributed by atoms with Crippen molar-refractivity contribution >= 4 is 11.0 Å². The molecule has 2 nitrogen and oxygen atoms in total. The molecule has 0 saturated heterocycles. The van der Waals surface area contributed by atoms with Gasteiger partial charge in [-0.15, -0.1) is 0 Å². The Balaban J connectivity index is 2.33. The minimum absolute atomic E-state index is 0.222. The van der Waals surface area contributed by atoms with Gasteiger partial charge in [0.15, 0.2) is 0 Å². The summed E-state index contributed by atoms with van der Waals surface area (Å²) >= 11 is 0. The largest absolute Gasteiger partial charge is 0.464 e. The van der Waals surface area contributed by atoms with E-state index in [0.29, 0.717) is 0 Å². The van der Waals surface area contributed by atoms with E-state index in [1.54, 1.807) is 6.26 Å². The average Bonchev–Trinajstić information content (AvgIpc) is 2.62. The summed E-state index contributed by atoms with van der Waals surface area (Å²) in [5.74, 6) is 0.288. The maximum absolute atomic E-state index is 8.98. The predicted octanol–water partition coefficient (Wildman–Crippen LogP) is 2.60. The van der Waals surface area contributed by atoms with Crippen molar-refractivity contribution in [2.24, 2.45) is 5.92 Å². The minimum atomic E-state index is 0.222. The lowest BCUT2D eigenvalue weighted by molar-refractivity contribution is 0.237. The first-order valence-electron chi connectivity index (χ1n) is 4.87. The van der Waals surface area contributed by atoms with E-state index in [4.69, 9.17) is 9.52 Å². The lowest BCUT2D eigenvalue weighted by atomic mass is 10.0. The fourth-order valence-electron chi connectivity index (χ4n) is 1.63. The Morgan fingerprint density at radius 3 is 2.93 bits per heavy atom. The summed E-state index contributed by atoms with van der Waals surface area (Å²) in [4.78, 5) is 0. The van der Waals surface area contributed by atoms with Gasteiger partial charge in [0.25, 0.3) is 0 Å². The highest BCUT2D eigenvalue weighted by Crippen LogP contribution is 2.22. The zero-order valence-corrected chi connectivity index (χ0v) is 8.23. The normalized spacial score (nSPS) is 13.3. The zero-order chi connectivity index (χ0) is 9.97. The van der Waals surface area contributed by atoms with E-state index < -0.39 is 0 Å². The monoisotopic (exact) mass is 190 g/mol. The van der Waals surface area contributed by atoms with Crippen LogP contribution in [-0.4, -0.2) is 11.7 Å². The van der Waals surface area contributed by atoms with Crippen LogP contribution in [0.15, 0.2) is 34.9 Å². The van der Waals surface area contributed by atoms with Gasteiger partial charge < -0.3 is 9.52 Å². The Kier molecular flexibility index (Phi) is 2.55. The number of hydrogen-bond acceptors (Lipinski definition) is 2. The van der Waals surface area contributed by atoms with E-state index in [2.05, 4.69) is 6.07 Å². The number of rotatable bonds is 3. The predicted molar refractivity (Wildman–Crippen MR) is 56.2 cm³/mol. The molecule has 1 aromatic carbocycles. The molecule has 0 radical (unpaired) electrons. The maximum atomic E-state index is 8.98. The van der Waals surface area contributed by atoms with Crippen LogP contribution in [0.4, 0.5) is 0 Å². The van der Waals surface area contributed by atoms with Gasteiger partial charge >= 0.3 is 0 Å². The van der Waals surface area contributed by atoms with Crippen molar-refractivity contribution in [1.29, 1.82) is 0 Å². The standard InChI is InChI=1S/C12H14O2/c1-9(7-13)6-10-8-14-12-5-3-2-4-11(10)12/h2-5,8-9,13H,6-7H2,1H3. The van der Waals surface area contributed by atoms with Gasteiger partial charge in [-0.25, -0.2) is 0 Å². The molecule has 1 unspecified atom stereocenters. The molecule has 14 heavy (non-hydrogen) atoms. The molecule has 1 atom stereocenters. The summed E-state index contributed by atoms with van der Waals surface area (Å²) < 4.78 is 5.41. The summed E-state index contributed by atoms with van der Waals surface area (Å²) in [6.45, 7) is 2.25. The molecular formula is C12H14O2. The second-order valence-corrected chi connectivity index (χ2v) is 3.75. The van der Waals surface area contributed by atoms with Crippen LogP contribution >= 0.6 is 0 Å². The molecule has 1 N–H and O–H groups in total. The first-order chi connectivity index (χ1) is 6.81. The van der Waals surface area contributed by atoms with Crippen LogP contribution in [0.3, 0.4) is 0 Å². The summed E-state index contributed by atoms with van der Waals surface area (Å²) in [6.07, 6.45) is 2.66. The van der Waals surface area contributed by atoms with Gasteiger partial charge in [0.05, 0.1) is 6.26 Å². The number of para-hydroxylation sites is 1. The van der Waals surface area contributed by atoms with Crippen molar-refractivity contribution in [2.75, 3.05) is 6.61 Å². The van der Waals surface area contributed by atoms with Crippen LogP contribution in [0, 0.1) is 5.92 Å². The lowest BCUT2D eigenvalue weighted by Gasteiger charge is -2.04. The smallest absolute Gasteiger partial charge is 0.134 e. The Morgan fingerprint density at radius 2 is 2.14 bits per heavy atom. The zero-order valence-electron chi connectivity index (χ0n) is 8.23. The highest BCUT2D eigenvalue weighted by atomic mass is 16.3. The number of hydrogen-bond donors (Lipinski definition) is 1. The summed E-state index contributed by atoms with van der Waals surface area (Å²) in [7, 11) is 0. The second-order valence-electron chi connectivity index (χ2n) is 3.75. The third kappa shape index (κ3) is 1.66. The molecule has 0 amide bonds. The van der Waals surface area contributed by atoms with Crippen molar-refractivity contribution in [1.82, 2.24) is 0 Å². The van der Waals surface area contributed by atoms with E-state index in [9.17, 15) is 0 Å². The van der Waals surface area contributed by atoms with E-state index in [-0.39, 0.29) is 12.5 Å². The van der Waals surface area contributed by atoms with Crippen molar-refractivity contribution in [3.05, 3.63) is 36.1 Å². The van der Waals surface area contributed by atoms with E-state index in [1.165, 1.54) is 5.56 Å². The van der Waals surface area contributed by atoms with Crippen LogP contribution in [0.5, 0.6) is 0 Å². The molecule has 2 heteroatoms. The summed E-state index contributed by atoms with van der Waals surface area (Å²) in [6, 6.07) is 7.98. The Hall–Kier alpha value is -1.28. The van der Waals surface area contributed by atoms with Crippen molar-refractivity contribution in [3.63, 3.8) is 0 Å². The molecule has 1 heterocycles. The van der Waals surface area contributed by atoms with Crippen LogP contribution in [0.1, 0.15) is 12.5 Å². The third-order valence-electron chi connectivity index (χ3n) is 2.44. The number of aliphatic hydroxyl groups excluding tert-OH is 1. The second kappa shape index (κ2) is 3.84. The highest BCUT2D eigenvalue weighted by Gasteiger charge is 2.08. The number of fused-ring (bicyclic) bond motifs is 1. The molecule has 0 bridgehead atoms. The molecule has 74 valence electrons. The van der Waals surface area contributed by atoms with Gasteiger partial charge in [-0.3, -0.25) is 0 Å². The fraction of sp³-hybridized carbons (Fsp3) is 0.333. The van der Waals surface area contributed by atoms with Crippen LogP contribution in [0.25, 0.3) is 11.0 Å². The third-order valence-corrected chi connectivity index (χ3v) is 2.44. The first kappa shape index (κ1) is 9.28. The van der Waals surface area contributed by atoms with Crippen molar-refractivity contribution < 1.29 is 9.52 Å². The molecule has 0 aliphatic heterocycles. The molecule has 0 fully saturated rings. The van der Waals surface area contributed by atoms with Crippen molar-refractivity contribution in [3.8, 4) is 0 Å². The lowest BCUT2D eigenvalue weighted by Crippen LogP contribution is -2.03. The van der Waals surface area contributed by atoms with Crippen LogP contribution in [0.2, 0.25) is 0 Å². The van der Waals surface area contributed by atoms with Gasteiger partial charge in [0.1, 0.15) is 5.58 Å². The van der Waals surface area contributed by atoms with Crippen LogP contribution in [-0.2, 0) is 6.42 Å². The van der Waals surface area contributed by atoms with Gasteiger partial charge in [0, 0.05) is 12.0 Å². The van der Waals surface area contributed by atoms with E-state index in [0.717, 1.165) is 17.4 Å². The number of aliphatic hydroxyl groups is 1. The molecule has 0 aliphatic carbocycles. The fourth-order valence-corrected chi connectivity index (χ4v) is 1.63. The van der Waals surface area contributed by atoms with E-state index >= 15 is 0 Å². The highest BCUT2D eigenvalue weighted by molar-refractivity contribution is 5.80. The molecule has 2 aromatic rings. The van der Waals surface area contributed by atoms with E-state index in [1.807, 2.05) is 25.1 Å². The number of benzene rings is 1. The van der Waals surface area contributed by atoms with Crippen LogP contribution < -0.4 is 0 Å². The summed E-state index contributed by atoms with van der Waals surface area (Å²) in [5, 5.41) is 10.1. The Labute approximate surface area is 83.2 Å². The van der Waals surface area contributed by atoms with Gasteiger partial charge in [0.2, 0.25) is 0 Å². The van der Waals surface area contributed by atoms with Gasteiger partial charge in [-0.05, 0) is 24.0 Å². The molecule has 0 spiro atoms. The average molecular weight is 190 g/mol. The molecule has 2 rings (SSSR count). The summed E-state index contributed by atoms with van der Waals surface area (Å²) in [5.41, 5.74) is 2.11. The quantitative estimate of drug-likeness (QED) is 0.807. The first-order valence-corrected chi connectivity index (χ1v) is 4.87. The maximum Gasteiger partial charge on any atom is 0.134 e. The topological polar surface area (TPSA) is 33.4 Å². The van der Waals surface area contributed by atoms with Crippen molar-refractivity contribution in [2.45, 2.75) is 13.3 Å². The minimum Gasteiger partial charge on any atom is -0.464 e. The number of furan rings is 1. The molecule has 1 aromatic heterocycles. The molecule has 0 saturated carbocycles.